The number of carbonyl (C=O) groups is 1. The zero-order chi connectivity index (χ0) is 7.28. The van der Waals surface area contributed by atoms with Gasteiger partial charge >= 0.3 is 5.97 Å². The van der Waals surface area contributed by atoms with Crippen LogP contribution in [0.3, 0.4) is 0 Å². The van der Waals surface area contributed by atoms with E-state index in [4.69, 9.17) is 5.11 Å². The number of carboxylic acid groups (broad SMARTS) is 1. The van der Waals surface area contributed by atoms with Crippen LogP contribution in [0.15, 0.2) is 0 Å². The van der Waals surface area contributed by atoms with Crippen LogP contribution in [0, 0.1) is 11.8 Å². The Labute approximate surface area is 66.4 Å². The van der Waals surface area contributed by atoms with E-state index in [9.17, 15) is 4.79 Å². The van der Waals surface area contributed by atoms with Crippen molar-refractivity contribution < 1.29 is 9.90 Å². The summed E-state index contributed by atoms with van der Waals surface area (Å²) in [5.74, 6) is 3.39. The Bertz CT molecular complexity index is 157. The summed E-state index contributed by atoms with van der Waals surface area (Å²) in [7, 11) is 3.66. The maximum Gasteiger partial charge on any atom is 0.381 e. The molecular formula is C6H10ClNO2. The van der Waals surface area contributed by atoms with Gasteiger partial charge in [-0.1, -0.05) is 5.92 Å². The molecule has 0 aromatic carbocycles. The van der Waals surface area contributed by atoms with Gasteiger partial charge in [0.1, 0.15) is 0 Å². The zero-order valence-electron chi connectivity index (χ0n) is 5.92. The van der Waals surface area contributed by atoms with Crippen LogP contribution in [0.4, 0.5) is 0 Å². The number of halogens is 1. The highest BCUT2D eigenvalue weighted by Gasteiger charge is 1.83. The number of nitrogens with zero attached hydrogens (tertiary/aromatic N) is 1. The predicted octanol–water partition coefficient (Wildman–Crippen LogP) is 0.0578. The molecule has 0 aromatic heterocycles. The maximum atomic E-state index is 9.79. The Kier molecular flexibility index (Phi) is 7.68. The fraction of sp³-hybridized carbons (Fsp3) is 0.500. The Morgan fingerprint density at radius 2 is 2.10 bits per heavy atom. The van der Waals surface area contributed by atoms with Crippen molar-refractivity contribution in [1.82, 2.24) is 4.90 Å². The first-order valence-electron chi connectivity index (χ1n) is 2.49. The van der Waals surface area contributed by atoms with Crippen molar-refractivity contribution in [3.05, 3.63) is 0 Å². The number of aliphatic carboxylic acids is 1. The van der Waals surface area contributed by atoms with Gasteiger partial charge in [-0.25, -0.2) is 4.79 Å². The van der Waals surface area contributed by atoms with Crippen LogP contribution in [0.1, 0.15) is 0 Å². The molecule has 0 radical (unpaired) electrons. The second kappa shape index (κ2) is 6.40. The second-order valence-electron chi connectivity index (χ2n) is 1.84. The first kappa shape index (κ1) is 12.0. The highest BCUT2D eigenvalue weighted by atomic mass is 35.5. The fourth-order valence-electron chi connectivity index (χ4n) is 0.273. The first-order chi connectivity index (χ1) is 4.13. The Morgan fingerprint density at radius 3 is 2.40 bits per heavy atom. The normalized spacial score (nSPS) is 7.50. The molecule has 0 unspecified atom stereocenters. The Balaban J connectivity index is 0. The van der Waals surface area contributed by atoms with Crippen molar-refractivity contribution in [2.24, 2.45) is 0 Å². The molecule has 1 N–H and O–H groups in total. The monoisotopic (exact) mass is 163 g/mol. The molecule has 10 heavy (non-hydrogen) atoms. The van der Waals surface area contributed by atoms with Crippen molar-refractivity contribution >= 4 is 18.4 Å². The molecule has 0 rings (SSSR count). The van der Waals surface area contributed by atoms with Gasteiger partial charge in [0.15, 0.2) is 0 Å². The molecule has 0 aliphatic heterocycles. The summed E-state index contributed by atoms with van der Waals surface area (Å²) in [5, 5.41) is 8.03. The lowest BCUT2D eigenvalue weighted by molar-refractivity contribution is -0.130. The van der Waals surface area contributed by atoms with E-state index in [2.05, 4.69) is 5.92 Å². The molecule has 0 saturated carbocycles. The Hall–Kier alpha value is -0.720. The molecule has 0 bridgehead atoms. The van der Waals surface area contributed by atoms with Crippen LogP contribution in [0.5, 0.6) is 0 Å². The van der Waals surface area contributed by atoms with E-state index in [-0.39, 0.29) is 12.4 Å². The minimum absolute atomic E-state index is 0. The highest BCUT2D eigenvalue weighted by molar-refractivity contribution is 5.86. The third kappa shape index (κ3) is 10.3. The second-order valence-corrected chi connectivity index (χ2v) is 1.84. The molecule has 3 nitrogen and oxygen atoms in total. The summed E-state index contributed by atoms with van der Waals surface area (Å²) in [6, 6.07) is 0. The van der Waals surface area contributed by atoms with Crippen LogP contribution < -0.4 is 0 Å². The lowest BCUT2D eigenvalue weighted by Crippen LogP contribution is -2.11. The van der Waals surface area contributed by atoms with Crippen molar-refractivity contribution in [2.75, 3.05) is 20.6 Å². The number of rotatable bonds is 1. The number of hydrogen-bond donors (Lipinski definition) is 1. The number of hydrogen-bond acceptors (Lipinski definition) is 2. The zero-order valence-corrected chi connectivity index (χ0v) is 6.73. The van der Waals surface area contributed by atoms with E-state index < -0.39 is 5.97 Å². The van der Waals surface area contributed by atoms with Gasteiger partial charge in [-0.05, 0) is 14.1 Å². The molecule has 0 fully saturated rings. The van der Waals surface area contributed by atoms with E-state index in [1.807, 2.05) is 20.0 Å². The minimum Gasteiger partial charge on any atom is -0.472 e. The summed E-state index contributed by atoms with van der Waals surface area (Å²) >= 11 is 0. The smallest absolute Gasteiger partial charge is 0.381 e. The van der Waals surface area contributed by atoms with Crippen LogP contribution >= 0.6 is 12.4 Å². The molecular weight excluding hydrogens is 154 g/mol. The molecule has 0 atom stereocenters. The molecule has 0 amide bonds. The molecule has 58 valence electrons. The Morgan fingerprint density at radius 1 is 1.60 bits per heavy atom. The molecule has 4 heteroatoms. The van der Waals surface area contributed by atoms with Gasteiger partial charge in [-0.3, -0.25) is 4.90 Å². The maximum absolute atomic E-state index is 9.79. The van der Waals surface area contributed by atoms with Crippen LogP contribution in [-0.2, 0) is 4.79 Å². The third-order valence-corrected chi connectivity index (χ3v) is 0.591. The summed E-state index contributed by atoms with van der Waals surface area (Å²) in [6.45, 7) is 0.492. The lowest BCUT2D eigenvalue weighted by Gasteiger charge is -1.99. The van der Waals surface area contributed by atoms with Crippen LogP contribution in [0.25, 0.3) is 0 Å². The fourth-order valence-corrected chi connectivity index (χ4v) is 0.273. The molecule has 0 aliphatic carbocycles. The van der Waals surface area contributed by atoms with Crippen molar-refractivity contribution in [2.45, 2.75) is 0 Å². The number of carboxylic acids is 1. The van der Waals surface area contributed by atoms with Crippen molar-refractivity contribution in [3.63, 3.8) is 0 Å². The van der Waals surface area contributed by atoms with Crippen molar-refractivity contribution in [3.8, 4) is 11.8 Å². The quantitative estimate of drug-likeness (QED) is 0.556. The van der Waals surface area contributed by atoms with Gasteiger partial charge in [-0.15, -0.1) is 12.4 Å². The molecule has 0 aliphatic rings. The SMILES string of the molecule is CN(C)CC#CC(=O)O.Cl. The van der Waals surface area contributed by atoms with Crippen molar-refractivity contribution in [1.29, 1.82) is 0 Å². The summed E-state index contributed by atoms with van der Waals surface area (Å²) in [6.07, 6.45) is 0. The van der Waals surface area contributed by atoms with E-state index in [0.29, 0.717) is 6.54 Å². The average molecular weight is 164 g/mol. The lowest BCUT2D eigenvalue weighted by atomic mass is 10.5. The van der Waals surface area contributed by atoms with Gasteiger partial charge in [0.2, 0.25) is 0 Å². The minimum atomic E-state index is -1.07. The van der Waals surface area contributed by atoms with Gasteiger partial charge < -0.3 is 5.11 Å². The topological polar surface area (TPSA) is 40.5 Å². The summed E-state index contributed by atoms with van der Waals surface area (Å²) in [4.78, 5) is 11.6. The first-order valence-corrected chi connectivity index (χ1v) is 2.49. The molecule has 0 spiro atoms. The average Bonchev–Trinajstić information content (AvgIpc) is 1.63. The molecule has 0 aromatic rings. The van der Waals surface area contributed by atoms with Gasteiger partial charge in [0, 0.05) is 5.92 Å². The van der Waals surface area contributed by atoms with Gasteiger partial charge in [0.25, 0.3) is 0 Å². The molecule has 0 saturated heterocycles. The van der Waals surface area contributed by atoms with E-state index in [1.54, 1.807) is 4.90 Å². The highest BCUT2D eigenvalue weighted by Crippen LogP contribution is 1.68. The largest absolute Gasteiger partial charge is 0.472 e. The van der Waals surface area contributed by atoms with E-state index >= 15 is 0 Å². The third-order valence-electron chi connectivity index (χ3n) is 0.591. The summed E-state index contributed by atoms with van der Waals surface area (Å²) in [5.41, 5.74) is 0. The van der Waals surface area contributed by atoms with Gasteiger partial charge in [0.05, 0.1) is 6.54 Å². The van der Waals surface area contributed by atoms with Crippen LogP contribution in [0.2, 0.25) is 0 Å². The van der Waals surface area contributed by atoms with Gasteiger partial charge in [-0.2, -0.15) is 0 Å². The summed E-state index contributed by atoms with van der Waals surface area (Å²) < 4.78 is 0. The standard InChI is InChI=1S/C6H9NO2.ClH/c1-7(2)5-3-4-6(8)9;/h5H2,1-2H3,(H,8,9);1H. The molecule has 0 heterocycles. The van der Waals surface area contributed by atoms with Crippen LogP contribution in [-0.4, -0.2) is 36.6 Å². The van der Waals surface area contributed by atoms with E-state index in [0.717, 1.165) is 0 Å². The predicted molar refractivity (Wildman–Crippen MR) is 41.2 cm³/mol. The van der Waals surface area contributed by atoms with E-state index in [1.165, 1.54) is 0 Å².